The second kappa shape index (κ2) is 9.17. The first-order chi connectivity index (χ1) is 18.6. The Morgan fingerprint density at radius 1 is 1.00 bits per heavy atom. The average molecular weight is 547 g/mol. The van der Waals surface area contributed by atoms with E-state index in [4.69, 9.17) is 5.73 Å². The van der Waals surface area contributed by atoms with Gasteiger partial charge in [0, 0.05) is 5.92 Å². The second-order valence-electron chi connectivity index (χ2n) is 12.6. The van der Waals surface area contributed by atoms with E-state index in [9.17, 15) is 34.2 Å². The zero-order valence-electron chi connectivity index (χ0n) is 23.2. The molecule has 2 aromatic carbocycles. The lowest BCUT2D eigenvalue weighted by atomic mass is 9.52. The van der Waals surface area contributed by atoms with Crippen molar-refractivity contribution in [3.8, 4) is 16.9 Å². The van der Waals surface area contributed by atoms with Gasteiger partial charge >= 0.3 is 0 Å². The van der Waals surface area contributed by atoms with Gasteiger partial charge in [0.15, 0.2) is 34.7 Å². The number of aromatic hydroxyl groups is 1. The second-order valence-corrected chi connectivity index (χ2v) is 12.6. The molecule has 40 heavy (non-hydrogen) atoms. The van der Waals surface area contributed by atoms with Gasteiger partial charge in [-0.25, -0.2) is 0 Å². The number of primary amides is 1. The fraction of sp³-hybridized carbons (Fsp3) is 0.452. The Hall–Kier alpha value is -3.69. The molecular formula is C31H34N2O7. The van der Waals surface area contributed by atoms with Gasteiger partial charge in [0.25, 0.3) is 0 Å². The van der Waals surface area contributed by atoms with Crippen LogP contribution in [-0.4, -0.2) is 69.9 Å². The Kier molecular flexibility index (Phi) is 6.39. The summed E-state index contributed by atoms with van der Waals surface area (Å²) < 4.78 is 0. The molecule has 3 aliphatic rings. The van der Waals surface area contributed by atoms with E-state index in [1.165, 1.54) is 11.0 Å². The molecular weight excluding hydrogens is 512 g/mol. The van der Waals surface area contributed by atoms with Gasteiger partial charge < -0.3 is 15.9 Å². The van der Waals surface area contributed by atoms with Crippen LogP contribution in [0.4, 0.5) is 0 Å². The minimum absolute atomic E-state index is 0.0102. The van der Waals surface area contributed by atoms with Crippen molar-refractivity contribution in [2.75, 3.05) is 14.1 Å². The van der Waals surface area contributed by atoms with Crippen molar-refractivity contribution in [2.24, 2.45) is 29.4 Å². The van der Waals surface area contributed by atoms with Crippen molar-refractivity contribution < 1.29 is 34.2 Å². The van der Waals surface area contributed by atoms with Crippen LogP contribution in [0.3, 0.4) is 0 Å². The molecule has 5 rings (SSSR count). The van der Waals surface area contributed by atoms with Crippen molar-refractivity contribution in [3.05, 3.63) is 53.1 Å². The number of amides is 1. The average Bonchev–Trinajstić information content (AvgIpc) is 2.85. The van der Waals surface area contributed by atoms with E-state index in [-0.39, 0.29) is 29.6 Å². The maximum Gasteiger partial charge on any atom is 0.235 e. The molecule has 0 aromatic heterocycles. The standard InChI is InChI=1S/C31H34N2O7/c1-30(2,3)16-8-6-14(7-9-16)17-10-11-20(34)22-18(17)12-15-13-19-24(33(4)5)26(36)23(29(32)39)28(38)31(19,40)27(37)21(15)25(22)35/h6-11,15,19,21,23-24,34,40H,12-13H2,1-5H3,(H2,32,39)/t15-,19-,21?,23?,24-,31-/m1/s1. The van der Waals surface area contributed by atoms with Crippen molar-refractivity contribution in [1.29, 1.82) is 0 Å². The number of nitrogens with zero attached hydrogens (tertiary/aromatic N) is 1. The van der Waals surface area contributed by atoms with Crippen LogP contribution in [0.1, 0.15) is 48.7 Å². The van der Waals surface area contributed by atoms with Crippen LogP contribution in [0, 0.1) is 23.7 Å². The highest BCUT2D eigenvalue weighted by Gasteiger charge is 2.69. The summed E-state index contributed by atoms with van der Waals surface area (Å²) in [7, 11) is 3.12. The maximum absolute atomic E-state index is 13.9. The molecule has 6 atom stereocenters. The predicted molar refractivity (Wildman–Crippen MR) is 145 cm³/mol. The third-order valence-electron chi connectivity index (χ3n) is 9.01. The first-order valence-corrected chi connectivity index (χ1v) is 13.4. The van der Waals surface area contributed by atoms with Crippen LogP contribution in [0.2, 0.25) is 0 Å². The minimum Gasteiger partial charge on any atom is -0.507 e. The summed E-state index contributed by atoms with van der Waals surface area (Å²) in [5.74, 6) is -10.5. The van der Waals surface area contributed by atoms with Crippen molar-refractivity contribution >= 4 is 29.0 Å². The summed E-state index contributed by atoms with van der Waals surface area (Å²) >= 11 is 0. The molecule has 3 aliphatic carbocycles. The number of aliphatic hydroxyl groups is 1. The smallest absolute Gasteiger partial charge is 0.235 e. The van der Waals surface area contributed by atoms with Gasteiger partial charge in [-0.3, -0.25) is 28.9 Å². The Bertz CT molecular complexity index is 1470. The monoisotopic (exact) mass is 546 g/mol. The molecule has 210 valence electrons. The molecule has 9 heteroatoms. The van der Waals surface area contributed by atoms with E-state index < -0.39 is 64.4 Å². The molecule has 2 saturated carbocycles. The molecule has 0 aliphatic heterocycles. The van der Waals surface area contributed by atoms with Crippen molar-refractivity contribution in [2.45, 2.75) is 50.7 Å². The number of phenols is 1. The first kappa shape index (κ1) is 27.9. The summed E-state index contributed by atoms with van der Waals surface area (Å²) in [6.45, 7) is 6.33. The number of nitrogens with two attached hydrogens (primary N) is 1. The predicted octanol–water partition coefficient (Wildman–Crippen LogP) is 1.83. The summed E-state index contributed by atoms with van der Waals surface area (Å²) in [5.41, 5.74) is 5.86. The number of carbonyl (C=O) groups excluding carboxylic acids is 5. The van der Waals surface area contributed by atoms with Crippen LogP contribution in [0.5, 0.6) is 5.75 Å². The third kappa shape index (κ3) is 3.86. The molecule has 1 amide bonds. The minimum atomic E-state index is -2.73. The number of hydrogen-bond donors (Lipinski definition) is 3. The van der Waals surface area contributed by atoms with Crippen molar-refractivity contribution in [1.82, 2.24) is 4.90 Å². The van der Waals surface area contributed by atoms with Crippen LogP contribution in [-0.2, 0) is 31.0 Å². The SMILES string of the molecule is CN(C)[C@H]1C(=O)C(C(N)=O)C(=O)[C@]2(O)C(=O)C3C(=O)c4c(O)ccc(-c5ccc(C(C)(C)C)cc5)c4C[C@@H]3C[C@H]12. The lowest BCUT2D eigenvalue weighted by Crippen LogP contribution is -2.74. The Labute approximate surface area is 232 Å². The van der Waals surface area contributed by atoms with E-state index in [0.29, 0.717) is 5.56 Å². The number of hydrogen-bond acceptors (Lipinski definition) is 8. The molecule has 0 saturated heterocycles. The number of phenolic OH excluding ortho intramolecular Hbond substituents is 1. The molecule has 0 spiro atoms. The van der Waals surface area contributed by atoms with Gasteiger partial charge in [-0.1, -0.05) is 51.1 Å². The van der Waals surface area contributed by atoms with Gasteiger partial charge in [0.05, 0.1) is 17.5 Å². The highest BCUT2D eigenvalue weighted by atomic mass is 16.3. The lowest BCUT2D eigenvalue weighted by molar-refractivity contribution is -0.181. The van der Waals surface area contributed by atoms with Crippen LogP contribution in [0.15, 0.2) is 36.4 Å². The number of likely N-dealkylation sites (N-methyl/N-ethyl adjacent to an activating group) is 1. The molecule has 2 fully saturated rings. The highest BCUT2D eigenvalue weighted by Crippen LogP contribution is 2.51. The number of ketones is 4. The van der Waals surface area contributed by atoms with E-state index >= 15 is 0 Å². The van der Waals surface area contributed by atoms with Crippen LogP contribution >= 0.6 is 0 Å². The zero-order valence-corrected chi connectivity index (χ0v) is 23.2. The number of fused-ring (bicyclic) bond motifs is 3. The van der Waals surface area contributed by atoms with Gasteiger partial charge in [0.2, 0.25) is 5.91 Å². The van der Waals surface area contributed by atoms with Crippen LogP contribution < -0.4 is 5.73 Å². The zero-order chi connectivity index (χ0) is 29.5. The summed E-state index contributed by atoms with van der Waals surface area (Å²) in [5, 5.41) is 22.4. The largest absolute Gasteiger partial charge is 0.507 e. The molecule has 2 aromatic rings. The Morgan fingerprint density at radius 3 is 2.17 bits per heavy atom. The summed E-state index contributed by atoms with van der Waals surface area (Å²) in [6, 6.07) is 9.96. The number of Topliss-reactive ketones (excluding diaryl/α,β-unsaturated/α-hetero) is 4. The van der Waals surface area contributed by atoms with Crippen LogP contribution in [0.25, 0.3) is 11.1 Å². The summed E-state index contributed by atoms with van der Waals surface area (Å²) in [4.78, 5) is 68.0. The van der Waals surface area contributed by atoms with E-state index in [1.807, 2.05) is 24.3 Å². The topological polar surface area (TPSA) is 155 Å². The fourth-order valence-electron chi connectivity index (χ4n) is 7.02. The van der Waals surface area contributed by atoms with E-state index in [1.54, 1.807) is 20.2 Å². The first-order valence-electron chi connectivity index (χ1n) is 13.4. The van der Waals surface area contributed by atoms with Gasteiger partial charge in [-0.05, 0) is 66.6 Å². The van der Waals surface area contributed by atoms with E-state index in [2.05, 4.69) is 20.8 Å². The molecule has 9 nitrogen and oxygen atoms in total. The molecule has 0 bridgehead atoms. The van der Waals surface area contributed by atoms with Gasteiger partial charge in [-0.2, -0.15) is 0 Å². The number of rotatable bonds is 3. The highest BCUT2D eigenvalue weighted by molar-refractivity contribution is 6.32. The van der Waals surface area contributed by atoms with Crippen molar-refractivity contribution in [3.63, 3.8) is 0 Å². The molecule has 0 heterocycles. The van der Waals surface area contributed by atoms with E-state index in [0.717, 1.165) is 16.7 Å². The number of benzene rings is 2. The number of carbonyl (C=O) groups is 5. The molecule has 2 unspecified atom stereocenters. The summed E-state index contributed by atoms with van der Waals surface area (Å²) in [6.07, 6.45) is 0.235. The lowest BCUT2D eigenvalue weighted by Gasteiger charge is -2.52. The quantitative estimate of drug-likeness (QED) is 0.493. The Balaban J connectivity index is 1.63. The Morgan fingerprint density at radius 2 is 1.62 bits per heavy atom. The van der Waals surface area contributed by atoms with Gasteiger partial charge in [0.1, 0.15) is 5.75 Å². The molecule has 4 N–H and O–H groups in total. The fourth-order valence-corrected chi connectivity index (χ4v) is 7.02. The third-order valence-corrected chi connectivity index (χ3v) is 9.01. The normalized spacial score (nSPS) is 30.1. The van der Waals surface area contributed by atoms with Gasteiger partial charge in [-0.15, -0.1) is 0 Å². The molecule has 0 radical (unpaired) electrons. The maximum atomic E-state index is 13.9.